The molecule has 0 saturated carbocycles. The lowest BCUT2D eigenvalue weighted by Crippen LogP contribution is -2.23. The van der Waals surface area contributed by atoms with E-state index in [1.54, 1.807) is 42.8 Å². The van der Waals surface area contributed by atoms with Crippen LogP contribution in [0.3, 0.4) is 0 Å². The molecular weight excluding hydrogens is 394 g/mol. The van der Waals surface area contributed by atoms with Gasteiger partial charge in [-0.25, -0.2) is 4.98 Å². The number of carbonyl (C=O) groups excluding carboxylic acids is 2. The standard InChI is InChI=1S/C20H17N3O5S/c1-26-14-5-3-13(4-6-14)18(24)23-20-22-15(10-29-20)19(25)21-9-12-2-7-16-17(8-12)28-11-27-16/h2-8,10H,9,11H2,1H3,(H,21,25)(H,22,23,24). The van der Waals surface area contributed by atoms with E-state index >= 15 is 0 Å². The summed E-state index contributed by atoms with van der Waals surface area (Å²) in [6, 6.07) is 12.2. The van der Waals surface area contributed by atoms with E-state index in [2.05, 4.69) is 15.6 Å². The Labute approximate surface area is 170 Å². The number of rotatable bonds is 6. The van der Waals surface area contributed by atoms with Gasteiger partial charge in [0.2, 0.25) is 6.79 Å². The summed E-state index contributed by atoms with van der Waals surface area (Å²) in [6.07, 6.45) is 0. The van der Waals surface area contributed by atoms with Crippen molar-refractivity contribution >= 4 is 28.3 Å². The van der Waals surface area contributed by atoms with Crippen LogP contribution in [0.1, 0.15) is 26.4 Å². The highest BCUT2D eigenvalue weighted by Gasteiger charge is 2.15. The minimum absolute atomic E-state index is 0.203. The van der Waals surface area contributed by atoms with Gasteiger partial charge in [-0.1, -0.05) is 6.07 Å². The largest absolute Gasteiger partial charge is 0.497 e. The minimum atomic E-state index is -0.330. The maximum Gasteiger partial charge on any atom is 0.271 e. The van der Waals surface area contributed by atoms with Crippen LogP contribution in [-0.2, 0) is 6.54 Å². The van der Waals surface area contributed by atoms with Gasteiger partial charge in [0.15, 0.2) is 16.6 Å². The molecule has 2 N–H and O–H groups in total. The smallest absolute Gasteiger partial charge is 0.271 e. The van der Waals surface area contributed by atoms with Crippen LogP contribution < -0.4 is 24.8 Å². The summed E-state index contributed by atoms with van der Waals surface area (Å²) < 4.78 is 15.7. The summed E-state index contributed by atoms with van der Waals surface area (Å²) >= 11 is 1.18. The van der Waals surface area contributed by atoms with Gasteiger partial charge in [0.05, 0.1) is 7.11 Å². The van der Waals surface area contributed by atoms with Crippen molar-refractivity contribution in [2.24, 2.45) is 0 Å². The molecule has 0 fully saturated rings. The Kier molecular flexibility index (Phi) is 5.30. The number of hydrogen-bond donors (Lipinski definition) is 2. The number of nitrogens with one attached hydrogen (secondary N) is 2. The molecule has 148 valence electrons. The molecule has 2 heterocycles. The van der Waals surface area contributed by atoms with Crippen LogP contribution in [0.25, 0.3) is 0 Å². The third kappa shape index (κ3) is 4.30. The summed E-state index contributed by atoms with van der Waals surface area (Å²) in [5.74, 6) is 1.38. The number of anilines is 1. The van der Waals surface area contributed by atoms with E-state index < -0.39 is 0 Å². The topological polar surface area (TPSA) is 98.8 Å². The molecule has 0 bridgehead atoms. The normalized spacial score (nSPS) is 11.8. The molecule has 1 aliphatic rings. The van der Waals surface area contributed by atoms with Crippen molar-refractivity contribution in [3.05, 3.63) is 64.7 Å². The van der Waals surface area contributed by atoms with Gasteiger partial charge in [0, 0.05) is 17.5 Å². The third-order valence-corrected chi connectivity index (χ3v) is 4.96. The zero-order valence-corrected chi connectivity index (χ0v) is 16.2. The van der Waals surface area contributed by atoms with Crippen molar-refractivity contribution in [2.45, 2.75) is 6.54 Å². The molecule has 1 aromatic heterocycles. The molecular formula is C20H17N3O5S. The van der Waals surface area contributed by atoms with Crippen LogP contribution in [0.5, 0.6) is 17.2 Å². The first-order valence-corrected chi connectivity index (χ1v) is 9.58. The molecule has 2 aromatic carbocycles. The molecule has 29 heavy (non-hydrogen) atoms. The van der Waals surface area contributed by atoms with Gasteiger partial charge in [-0.05, 0) is 42.0 Å². The number of amides is 2. The zero-order valence-electron chi connectivity index (χ0n) is 15.4. The second-order valence-electron chi connectivity index (χ2n) is 6.09. The van der Waals surface area contributed by atoms with Crippen LogP contribution in [0, 0.1) is 0 Å². The number of nitrogens with zero attached hydrogens (tertiary/aromatic N) is 1. The predicted molar refractivity (Wildman–Crippen MR) is 107 cm³/mol. The van der Waals surface area contributed by atoms with Crippen LogP contribution >= 0.6 is 11.3 Å². The third-order valence-electron chi connectivity index (χ3n) is 4.20. The predicted octanol–water partition coefficient (Wildman–Crippen LogP) is 3.06. The maximum atomic E-state index is 12.3. The van der Waals surface area contributed by atoms with Gasteiger partial charge < -0.3 is 19.5 Å². The first-order valence-electron chi connectivity index (χ1n) is 8.70. The number of benzene rings is 2. The fourth-order valence-electron chi connectivity index (χ4n) is 2.67. The summed E-state index contributed by atoms with van der Waals surface area (Å²) in [5.41, 5.74) is 1.58. The van der Waals surface area contributed by atoms with Crippen molar-refractivity contribution in [3.8, 4) is 17.2 Å². The number of methoxy groups -OCH3 is 1. The Morgan fingerprint density at radius 3 is 2.69 bits per heavy atom. The fourth-order valence-corrected chi connectivity index (χ4v) is 3.36. The van der Waals surface area contributed by atoms with Gasteiger partial charge in [0.1, 0.15) is 11.4 Å². The minimum Gasteiger partial charge on any atom is -0.497 e. The van der Waals surface area contributed by atoms with Crippen LogP contribution in [0.4, 0.5) is 5.13 Å². The summed E-state index contributed by atoms with van der Waals surface area (Å²) in [7, 11) is 1.56. The summed E-state index contributed by atoms with van der Waals surface area (Å²) in [6.45, 7) is 0.523. The highest BCUT2D eigenvalue weighted by molar-refractivity contribution is 7.14. The van der Waals surface area contributed by atoms with E-state index in [0.29, 0.717) is 34.5 Å². The highest BCUT2D eigenvalue weighted by Crippen LogP contribution is 2.32. The average molecular weight is 411 g/mol. The van der Waals surface area contributed by atoms with Gasteiger partial charge in [-0.15, -0.1) is 11.3 Å². The van der Waals surface area contributed by atoms with Crippen LogP contribution in [-0.4, -0.2) is 30.7 Å². The number of hydrogen-bond acceptors (Lipinski definition) is 7. The first-order chi connectivity index (χ1) is 14.1. The molecule has 0 saturated heterocycles. The fraction of sp³-hybridized carbons (Fsp3) is 0.150. The van der Waals surface area contributed by atoms with Crippen LogP contribution in [0.15, 0.2) is 47.8 Å². The second-order valence-corrected chi connectivity index (χ2v) is 6.95. The Bertz CT molecular complexity index is 1050. The molecule has 4 rings (SSSR count). The SMILES string of the molecule is COc1ccc(C(=O)Nc2nc(C(=O)NCc3ccc4c(c3)OCO4)cs2)cc1. The van der Waals surface area contributed by atoms with Gasteiger partial charge in [-0.2, -0.15) is 0 Å². The second kappa shape index (κ2) is 8.19. The van der Waals surface area contributed by atoms with Gasteiger partial charge in [-0.3, -0.25) is 14.9 Å². The van der Waals surface area contributed by atoms with Gasteiger partial charge >= 0.3 is 0 Å². The summed E-state index contributed by atoms with van der Waals surface area (Å²) in [4.78, 5) is 28.8. The lowest BCUT2D eigenvalue weighted by Gasteiger charge is -2.05. The number of fused-ring (bicyclic) bond motifs is 1. The van der Waals surface area contributed by atoms with E-state index in [1.165, 1.54) is 11.3 Å². The average Bonchev–Trinajstić information content (AvgIpc) is 3.41. The Balaban J connectivity index is 1.34. The molecule has 2 amide bonds. The van der Waals surface area contributed by atoms with Crippen molar-refractivity contribution in [1.29, 1.82) is 0 Å². The number of aromatic nitrogens is 1. The lowest BCUT2D eigenvalue weighted by atomic mass is 10.2. The van der Waals surface area contributed by atoms with Crippen LogP contribution in [0.2, 0.25) is 0 Å². The Hall–Kier alpha value is -3.59. The lowest BCUT2D eigenvalue weighted by molar-refractivity contribution is 0.0945. The number of thiazole rings is 1. The molecule has 9 heteroatoms. The van der Waals surface area contributed by atoms with Crippen molar-refractivity contribution < 1.29 is 23.8 Å². The quantitative estimate of drug-likeness (QED) is 0.647. The molecule has 0 atom stereocenters. The summed E-state index contributed by atoms with van der Waals surface area (Å²) in [5, 5.41) is 7.43. The molecule has 3 aromatic rings. The molecule has 0 unspecified atom stereocenters. The molecule has 0 radical (unpaired) electrons. The van der Waals surface area contributed by atoms with E-state index in [4.69, 9.17) is 14.2 Å². The maximum absolute atomic E-state index is 12.3. The molecule has 0 spiro atoms. The van der Waals surface area contributed by atoms with Crippen molar-refractivity contribution in [1.82, 2.24) is 10.3 Å². The first kappa shape index (κ1) is 18.8. The Morgan fingerprint density at radius 2 is 1.90 bits per heavy atom. The molecule has 8 nitrogen and oxygen atoms in total. The molecule has 0 aliphatic carbocycles. The Morgan fingerprint density at radius 1 is 1.10 bits per heavy atom. The highest BCUT2D eigenvalue weighted by atomic mass is 32.1. The van der Waals surface area contributed by atoms with Crippen molar-refractivity contribution in [3.63, 3.8) is 0 Å². The van der Waals surface area contributed by atoms with E-state index in [1.807, 2.05) is 12.1 Å². The number of ether oxygens (including phenoxy) is 3. The van der Waals surface area contributed by atoms with Crippen molar-refractivity contribution in [2.75, 3.05) is 19.2 Å². The van der Waals surface area contributed by atoms with E-state index in [-0.39, 0.29) is 24.3 Å². The monoisotopic (exact) mass is 411 g/mol. The number of carbonyl (C=O) groups is 2. The molecule has 1 aliphatic heterocycles. The van der Waals surface area contributed by atoms with E-state index in [0.717, 1.165) is 5.56 Å². The van der Waals surface area contributed by atoms with Gasteiger partial charge in [0.25, 0.3) is 11.8 Å². The van der Waals surface area contributed by atoms with E-state index in [9.17, 15) is 9.59 Å². The zero-order chi connectivity index (χ0) is 20.2.